The van der Waals surface area contributed by atoms with E-state index >= 15 is 0 Å². The number of nitrogens with zero attached hydrogens (tertiary/aromatic N) is 3. The Morgan fingerprint density at radius 2 is 2.00 bits per heavy atom. The molecule has 10 heteroatoms. The number of hydrogen-bond acceptors (Lipinski definition) is 5. The highest BCUT2D eigenvalue weighted by Gasteiger charge is 2.23. The topological polar surface area (TPSA) is 112 Å². The molecule has 0 unspecified atom stereocenters. The van der Waals surface area contributed by atoms with Gasteiger partial charge in [0.2, 0.25) is 5.91 Å². The maximum absolute atomic E-state index is 12.1. The van der Waals surface area contributed by atoms with E-state index in [-0.39, 0.29) is 36.4 Å². The van der Waals surface area contributed by atoms with Crippen LogP contribution in [-0.2, 0) is 4.79 Å². The van der Waals surface area contributed by atoms with Crippen LogP contribution >= 0.6 is 12.4 Å². The summed E-state index contributed by atoms with van der Waals surface area (Å²) in [6.45, 7) is 2.67. The summed E-state index contributed by atoms with van der Waals surface area (Å²) in [6, 6.07) is 2.56. The molecule has 1 aromatic rings. The fourth-order valence-electron chi connectivity index (χ4n) is 2.11. The summed E-state index contributed by atoms with van der Waals surface area (Å²) < 4.78 is 0. The number of rotatable bonds is 4. The molecule has 9 nitrogen and oxygen atoms in total. The summed E-state index contributed by atoms with van der Waals surface area (Å²) in [6.07, 6.45) is 0. The smallest absolute Gasteiger partial charge is 0.321 e. The highest BCUT2D eigenvalue weighted by Crippen LogP contribution is 2.11. The number of halogens is 1. The number of piperazine rings is 1. The Balaban J connectivity index is 0.00000242. The van der Waals surface area contributed by atoms with Gasteiger partial charge in [-0.15, -0.1) is 12.4 Å². The second-order valence-corrected chi connectivity index (χ2v) is 4.81. The van der Waals surface area contributed by atoms with Gasteiger partial charge in [0.15, 0.2) is 5.69 Å². The molecule has 2 rings (SSSR count). The molecule has 1 aromatic heterocycles. The van der Waals surface area contributed by atoms with E-state index in [4.69, 9.17) is 0 Å². The van der Waals surface area contributed by atoms with Gasteiger partial charge in [0.25, 0.3) is 5.91 Å². The molecule has 0 aliphatic carbocycles. The van der Waals surface area contributed by atoms with Crippen molar-refractivity contribution in [2.24, 2.45) is 0 Å². The highest BCUT2D eigenvalue weighted by molar-refractivity contribution is 5.95. The van der Waals surface area contributed by atoms with Gasteiger partial charge in [0, 0.05) is 39.3 Å². The van der Waals surface area contributed by atoms with Crippen molar-refractivity contribution < 1.29 is 14.5 Å². The number of likely N-dealkylation sites (N-methyl/N-ethyl adjacent to an activating group) is 1. The van der Waals surface area contributed by atoms with Gasteiger partial charge in [-0.25, -0.2) is 4.98 Å². The number of hydrogen-bond donors (Lipinski definition) is 2. The van der Waals surface area contributed by atoms with Crippen LogP contribution in [0.1, 0.15) is 10.5 Å². The molecule has 2 N–H and O–H groups in total. The van der Waals surface area contributed by atoms with E-state index in [2.05, 4.69) is 10.3 Å². The van der Waals surface area contributed by atoms with Gasteiger partial charge in [0.05, 0.1) is 6.54 Å². The molecule has 0 saturated carbocycles. The van der Waals surface area contributed by atoms with E-state index in [1.165, 1.54) is 24.1 Å². The Morgan fingerprint density at radius 1 is 1.36 bits per heavy atom. The Morgan fingerprint density at radius 3 is 2.55 bits per heavy atom. The molecule has 0 radical (unpaired) electrons. The third-order valence-corrected chi connectivity index (χ3v) is 3.29. The van der Waals surface area contributed by atoms with Crippen LogP contribution in [0.25, 0.3) is 0 Å². The van der Waals surface area contributed by atoms with Gasteiger partial charge in [-0.3, -0.25) is 9.59 Å². The van der Waals surface area contributed by atoms with Crippen LogP contribution in [0.3, 0.4) is 0 Å². The zero-order valence-electron chi connectivity index (χ0n) is 12.1. The standard InChI is InChI=1S/C12H17N5O4.ClH/c1-15(8-11(18)16-6-4-13-5-7-16)12(19)9-2-3-10(14-9)17(20)21;/h2-3,13-14H,4-8H2,1H3;1H. The number of amides is 2. The fraction of sp³-hybridized carbons (Fsp3) is 0.500. The zero-order valence-corrected chi connectivity index (χ0v) is 12.9. The predicted octanol–water partition coefficient (Wildman–Crippen LogP) is -0.151. The minimum Gasteiger partial charge on any atom is -0.358 e. The van der Waals surface area contributed by atoms with Gasteiger partial charge in [-0.2, -0.15) is 0 Å². The number of nitro groups is 1. The van der Waals surface area contributed by atoms with Gasteiger partial charge in [0.1, 0.15) is 0 Å². The molecule has 0 spiro atoms. The number of aromatic amines is 1. The maximum atomic E-state index is 12.1. The lowest BCUT2D eigenvalue weighted by Crippen LogP contribution is -2.49. The SMILES string of the molecule is CN(CC(=O)N1CCNCC1)C(=O)c1ccc([N+](=O)[O-])[nH]1.Cl. The predicted molar refractivity (Wildman–Crippen MR) is 81.1 cm³/mol. The monoisotopic (exact) mass is 331 g/mol. The van der Waals surface area contributed by atoms with E-state index in [1.807, 2.05) is 0 Å². The minimum atomic E-state index is -0.608. The molecular weight excluding hydrogens is 314 g/mol. The highest BCUT2D eigenvalue weighted by atomic mass is 35.5. The van der Waals surface area contributed by atoms with Crippen molar-refractivity contribution in [1.82, 2.24) is 20.1 Å². The average Bonchev–Trinajstić information content (AvgIpc) is 2.97. The average molecular weight is 332 g/mol. The Bertz CT molecular complexity index is 555. The van der Waals surface area contributed by atoms with Gasteiger partial charge >= 0.3 is 5.82 Å². The number of carbonyl (C=O) groups is 2. The van der Waals surface area contributed by atoms with Crippen molar-refractivity contribution in [2.45, 2.75) is 0 Å². The Labute approximate surface area is 133 Å². The maximum Gasteiger partial charge on any atom is 0.321 e. The molecule has 2 heterocycles. The zero-order chi connectivity index (χ0) is 15.4. The summed E-state index contributed by atoms with van der Waals surface area (Å²) in [5.74, 6) is -0.833. The minimum absolute atomic E-state index is 0. The van der Waals surface area contributed by atoms with Crippen LogP contribution in [0.5, 0.6) is 0 Å². The number of aromatic nitrogens is 1. The summed E-state index contributed by atoms with van der Waals surface area (Å²) in [4.78, 5) is 39.5. The molecular formula is C12H18ClN5O4. The van der Waals surface area contributed by atoms with E-state index in [9.17, 15) is 19.7 Å². The first kappa shape index (κ1) is 17.9. The van der Waals surface area contributed by atoms with Crippen molar-refractivity contribution in [2.75, 3.05) is 39.8 Å². The first-order valence-electron chi connectivity index (χ1n) is 6.56. The van der Waals surface area contributed by atoms with E-state index in [0.717, 1.165) is 13.1 Å². The molecule has 2 amide bonds. The van der Waals surface area contributed by atoms with Crippen LogP contribution in [0.4, 0.5) is 5.82 Å². The summed E-state index contributed by atoms with van der Waals surface area (Å²) in [5.41, 5.74) is 0.0947. The van der Waals surface area contributed by atoms with Crippen molar-refractivity contribution in [3.05, 3.63) is 27.9 Å². The van der Waals surface area contributed by atoms with Crippen molar-refractivity contribution >= 4 is 30.0 Å². The summed E-state index contributed by atoms with van der Waals surface area (Å²) in [5, 5.41) is 13.7. The van der Waals surface area contributed by atoms with Gasteiger partial charge in [-0.05, 0) is 11.0 Å². The molecule has 1 fully saturated rings. The van der Waals surface area contributed by atoms with E-state index in [1.54, 1.807) is 4.90 Å². The third kappa shape index (κ3) is 4.18. The quantitative estimate of drug-likeness (QED) is 0.588. The molecule has 22 heavy (non-hydrogen) atoms. The first-order chi connectivity index (χ1) is 9.99. The number of carbonyl (C=O) groups excluding carboxylic acids is 2. The second kappa shape index (κ2) is 7.76. The molecule has 0 aromatic carbocycles. The molecule has 0 atom stereocenters. The Kier molecular flexibility index (Phi) is 6.32. The molecule has 1 aliphatic heterocycles. The fourth-order valence-corrected chi connectivity index (χ4v) is 2.11. The van der Waals surface area contributed by atoms with Crippen molar-refractivity contribution in [3.63, 3.8) is 0 Å². The number of nitrogens with one attached hydrogen (secondary N) is 2. The van der Waals surface area contributed by atoms with Crippen molar-refractivity contribution in [3.8, 4) is 0 Å². The van der Waals surface area contributed by atoms with Crippen LogP contribution in [0, 0.1) is 10.1 Å². The molecule has 1 aliphatic rings. The van der Waals surface area contributed by atoms with Crippen LogP contribution in [-0.4, -0.2) is 71.3 Å². The Hall–Kier alpha value is -2.13. The van der Waals surface area contributed by atoms with Crippen LogP contribution < -0.4 is 5.32 Å². The van der Waals surface area contributed by atoms with Gasteiger partial charge in [-0.1, -0.05) is 0 Å². The van der Waals surface area contributed by atoms with Gasteiger partial charge < -0.3 is 25.2 Å². The van der Waals surface area contributed by atoms with Crippen LogP contribution in [0.15, 0.2) is 12.1 Å². The normalized spacial score (nSPS) is 14.1. The lowest BCUT2D eigenvalue weighted by molar-refractivity contribution is -0.389. The largest absolute Gasteiger partial charge is 0.358 e. The summed E-state index contributed by atoms with van der Waals surface area (Å²) in [7, 11) is 1.50. The lowest BCUT2D eigenvalue weighted by Gasteiger charge is -2.29. The molecule has 1 saturated heterocycles. The molecule has 122 valence electrons. The third-order valence-electron chi connectivity index (χ3n) is 3.29. The van der Waals surface area contributed by atoms with Crippen molar-refractivity contribution in [1.29, 1.82) is 0 Å². The number of H-pyrrole nitrogens is 1. The van der Waals surface area contributed by atoms with E-state index < -0.39 is 10.8 Å². The summed E-state index contributed by atoms with van der Waals surface area (Å²) >= 11 is 0. The van der Waals surface area contributed by atoms with E-state index in [0.29, 0.717) is 13.1 Å². The second-order valence-electron chi connectivity index (χ2n) is 4.81. The molecule has 0 bridgehead atoms. The first-order valence-corrected chi connectivity index (χ1v) is 6.56. The lowest BCUT2D eigenvalue weighted by atomic mass is 10.3. The van der Waals surface area contributed by atoms with Crippen LogP contribution in [0.2, 0.25) is 0 Å².